The van der Waals surface area contributed by atoms with Crippen LogP contribution in [0.3, 0.4) is 0 Å². The highest BCUT2D eigenvalue weighted by Gasteiger charge is 2.23. The summed E-state index contributed by atoms with van der Waals surface area (Å²) in [5.74, 6) is 0.154. The van der Waals surface area contributed by atoms with Gasteiger partial charge in [-0.25, -0.2) is 0 Å². The van der Waals surface area contributed by atoms with Gasteiger partial charge in [-0.3, -0.25) is 9.59 Å². The van der Waals surface area contributed by atoms with Crippen LogP contribution in [0.4, 0.5) is 5.69 Å². The number of halogens is 2. The molecule has 2 aromatic rings. The van der Waals surface area contributed by atoms with Crippen LogP contribution in [0.2, 0.25) is 5.02 Å². The smallest absolute Gasteiger partial charge is 0.265 e. The summed E-state index contributed by atoms with van der Waals surface area (Å²) in [7, 11) is 0. The molecule has 1 atom stereocenters. The summed E-state index contributed by atoms with van der Waals surface area (Å²) in [6, 6.07) is 12.2. The molecule has 2 aromatic carbocycles. The number of nitrogens with one attached hydrogen (secondary N) is 2. The van der Waals surface area contributed by atoms with Gasteiger partial charge in [-0.15, -0.1) is 0 Å². The van der Waals surface area contributed by atoms with Crippen molar-refractivity contribution in [2.24, 2.45) is 0 Å². The molecule has 136 valence electrons. The van der Waals surface area contributed by atoms with E-state index in [1.165, 1.54) is 0 Å². The maximum atomic E-state index is 12.3. The van der Waals surface area contributed by atoms with Crippen molar-refractivity contribution in [2.75, 3.05) is 5.32 Å². The highest BCUT2D eigenvalue weighted by molar-refractivity contribution is 9.10. The minimum atomic E-state index is -0.703. The number of ether oxygens (including phenoxy) is 1. The Labute approximate surface area is 165 Å². The Hall–Kier alpha value is -2.05. The van der Waals surface area contributed by atoms with Gasteiger partial charge in [-0.2, -0.15) is 0 Å². The molecule has 1 fully saturated rings. The van der Waals surface area contributed by atoms with Gasteiger partial charge >= 0.3 is 0 Å². The van der Waals surface area contributed by atoms with Crippen molar-refractivity contribution < 1.29 is 14.3 Å². The summed E-state index contributed by atoms with van der Waals surface area (Å²) in [6.45, 7) is 1.66. The van der Waals surface area contributed by atoms with Crippen LogP contribution in [0.25, 0.3) is 0 Å². The molecule has 26 heavy (non-hydrogen) atoms. The molecule has 0 aliphatic heterocycles. The Bertz CT molecular complexity index is 822. The third kappa shape index (κ3) is 4.99. The van der Waals surface area contributed by atoms with Crippen LogP contribution in [0.1, 0.15) is 30.1 Å². The Balaban J connectivity index is 1.57. The highest BCUT2D eigenvalue weighted by Crippen LogP contribution is 2.29. The van der Waals surface area contributed by atoms with Crippen molar-refractivity contribution >= 4 is 45.0 Å². The summed E-state index contributed by atoms with van der Waals surface area (Å²) in [5, 5.41) is 6.28. The predicted octanol–water partition coefficient (Wildman–Crippen LogP) is 4.40. The van der Waals surface area contributed by atoms with Gasteiger partial charge in [0.15, 0.2) is 6.10 Å². The minimum absolute atomic E-state index is 0.0883. The lowest BCUT2D eigenvalue weighted by Crippen LogP contribution is -2.30. The number of amides is 2. The standard InChI is InChI=1S/C19H18BrClN2O3/c1-11(26-17-9-4-13(21)10-16(17)20)18(24)22-14-5-2-12(3-6-14)19(25)23-15-7-8-15/h2-6,9-11,15H,7-8H2,1H3,(H,22,24)(H,23,25)/t11-/m0/s1. The molecule has 0 heterocycles. The first-order valence-electron chi connectivity index (χ1n) is 8.26. The topological polar surface area (TPSA) is 67.4 Å². The largest absolute Gasteiger partial charge is 0.480 e. The fraction of sp³-hybridized carbons (Fsp3) is 0.263. The number of hydrogen-bond donors (Lipinski definition) is 2. The molecule has 0 unspecified atom stereocenters. The maximum absolute atomic E-state index is 12.3. The number of rotatable bonds is 6. The van der Waals surface area contributed by atoms with Gasteiger partial charge in [0.2, 0.25) is 0 Å². The Morgan fingerprint density at radius 3 is 2.50 bits per heavy atom. The fourth-order valence-corrected chi connectivity index (χ4v) is 3.04. The molecular formula is C19H18BrClN2O3. The number of carbonyl (C=O) groups excluding carboxylic acids is 2. The second-order valence-electron chi connectivity index (χ2n) is 6.15. The predicted molar refractivity (Wildman–Crippen MR) is 105 cm³/mol. The zero-order valence-electron chi connectivity index (χ0n) is 14.1. The van der Waals surface area contributed by atoms with E-state index in [2.05, 4.69) is 26.6 Å². The van der Waals surface area contributed by atoms with Gasteiger partial charge < -0.3 is 15.4 Å². The second kappa shape index (κ2) is 8.10. The average Bonchev–Trinajstić information content (AvgIpc) is 3.41. The van der Waals surface area contributed by atoms with Gasteiger partial charge in [0.1, 0.15) is 5.75 Å². The average molecular weight is 438 g/mol. The summed E-state index contributed by atoms with van der Waals surface area (Å²) in [6.07, 6.45) is 1.38. The molecule has 7 heteroatoms. The first-order valence-corrected chi connectivity index (χ1v) is 9.43. The highest BCUT2D eigenvalue weighted by atomic mass is 79.9. The molecule has 2 amide bonds. The van der Waals surface area contributed by atoms with Crippen molar-refractivity contribution in [3.05, 3.63) is 57.5 Å². The quantitative estimate of drug-likeness (QED) is 0.704. The van der Waals surface area contributed by atoms with Crippen LogP contribution in [0.5, 0.6) is 5.75 Å². The molecule has 2 N–H and O–H groups in total. The molecule has 1 aliphatic carbocycles. The zero-order valence-corrected chi connectivity index (χ0v) is 16.4. The van der Waals surface area contributed by atoms with Crippen molar-refractivity contribution in [3.8, 4) is 5.75 Å². The lowest BCUT2D eigenvalue weighted by atomic mass is 10.2. The van der Waals surface area contributed by atoms with E-state index in [1.54, 1.807) is 49.4 Å². The summed E-state index contributed by atoms with van der Waals surface area (Å²) < 4.78 is 6.34. The van der Waals surface area contributed by atoms with Crippen LogP contribution in [-0.4, -0.2) is 24.0 Å². The second-order valence-corrected chi connectivity index (χ2v) is 7.44. The normalized spacial score (nSPS) is 14.4. The Kier molecular flexibility index (Phi) is 5.84. The van der Waals surface area contributed by atoms with Gasteiger partial charge in [0, 0.05) is 22.3 Å². The first kappa shape index (κ1) is 18.7. The van der Waals surface area contributed by atoms with Crippen molar-refractivity contribution in [1.29, 1.82) is 0 Å². The molecule has 0 saturated heterocycles. The van der Waals surface area contributed by atoms with Gasteiger partial charge in [0.05, 0.1) is 4.47 Å². The van der Waals surface area contributed by atoms with Crippen molar-refractivity contribution in [1.82, 2.24) is 5.32 Å². The Morgan fingerprint density at radius 2 is 1.88 bits per heavy atom. The molecule has 0 aromatic heterocycles. The molecular weight excluding hydrogens is 420 g/mol. The SMILES string of the molecule is C[C@H](Oc1ccc(Cl)cc1Br)C(=O)Nc1ccc(C(=O)NC2CC2)cc1. The third-order valence-electron chi connectivity index (χ3n) is 3.89. The van der Waals surface area contributed by atoms with Gasteiger partial charge in [-0.05, 0) is 78.2 Å². The van der Waals surface area contributed by atoms with E-state index in [4.69, 9.17) is 16.3 Å². The maximum Gasteiger partial charge on any atom is 0.265 e. The minimum Gasteiger partial charge on any atom is -0.480 e. The molecule has 0 bridgehead atoms. The van der Waals surface area contributed by atoms with E-state index >= 15 is 0 Å². The molecule has 0 spiro atoms. The first-order chi connectivity index (χ1) is 12.4. The third-order valence-corrected chi connectivity index (χ3v) is 4.75. The van der Waals surface area contributed by atoms with Gasteiger partial charge in [-0.1, -0.05) is 11.6 Å². The summed E-state index contributed by atoms with van der Waals surface area (Å²) >= 11 is 9.25. The fourth-order valence-electron chi connectivity index (χ4n) is 2.26. The van der Waals surface area contributed by atoms with Crippen LogP contribution in [-0.2, 0) is 4.79 Å². The lowest BCUT2D eigenvalue weighted by Gasteiger charge is -2.16. The van der Waals surface area contributed by atoms with Crippen LogP contribution < -0.4 is 15.4 Å². The number of benzene rings is 2. The molecule has 1 saturated carbocycles. The summed E-state index contributed by atoms with van der Waals surface area (Å²) in [4.78, 5) is 24.3. The zero-order chi connectivity index (χ0) is 18.7. The summed E-state index contributed by atoms with van der Waals surface area (Å²) in [5.41, 5.74) is 1.17. The van der Waals surface area contributed by atoms with Crippen molar-refractivity contribution in [3.63, 3.8) is 0 Å². The molecule has 1 aliphatic rings. The van der Waals surface area contributed by atoms with Crippen LogP contribution >= 0.6 is 27.5 Å². The lowest BCUT2D eigenvalue weighted by molar-refractivity contribution is -0.122. The van der Waals surface area contributed by atoms with E-state index < -0.39 is 6.10 Å². The van der Waals surface area contributed by atoms with Gasteiger partial charge in [0.25, 0.3) is 11.8 Å². The number of anilines is 1. The molecule has 0 radical (unpaired) electrons. The van der Waals surface area contributed by atoms with E-state index in [0.29, 0.717) is 32.5 Å². The van der Waals surface area contributed by atoms with Crippen molar-refractivity contribution in [2.45, 2.75) is 31.9 Å². The van der Waals surface area contributed by atoms with E-state index in [9.17, 15) is 9.59 Å². The molecule has 3 rings (SSSR count). The molecule has 5 nitrogen and oxygen atoms in total. The number of hydrogen-bond acceptors (Lipinski definition) is 3. The van der Waals surface area contributed by atoms with E-state index in [1.807, 2.05) is 0 Å². The van der Waals surface area contributed by atoms with E-state index in [0.717, 1.165) is 12.8 Å². The van der Waals surface area contributed by atoms with E-state index in [-0.39, 0.29) is 11.8 Å². The van der Waals surface area contributed by atoms with Crippen LogP contribution in [0.15, 0.2) is 46.9 Å². The monoisotopic (exact) mass is 436 g/mol. The number of carbonyl (C=O) groups is 2. The van der Waals surface area contributed by atoms with Crippen LogP contribution in [0, 0.1) is 0 Å². The Morgan fingerprint density at radius 1 is 1.19 bits per heavy atom.